The molecule has 20 heavy (non-hydrogen) atoms. The molecule has 0 saturated carbocycles. The molecule has 0 aliphatic rings. The van der Waals surface area contributed by atoms with E-state index in [0.29, 0.717) is 23.4 Å². The standard InChI is InChI=1S/C16H16BrNO2/c1-3-20-14-8-7-11(9-13(14)17)16(19)12-6-4-5-10(2)15(12)18/h4-9H,3,18H2,1-2H3. The number of carbonyl (C=O) groups is 1. The number of nitrogen functional groups attached to an aromatic ring is 1. The van der Waals surface area contributed by atoms with Crippen LogP contribution in [0.5, 0.6) is 5.75 Å². The first-order valence-electron chi connectivity index (χ1n) is 6.36. The highest BCUT2D eigenvalue weighted by atomic mass is 79.9. The van der Waals surface area contributed by atoms with Crippen molar-refractivity contribution in [2.75, 3.05) is 12.3 Å². The van der Waals surface area contributed by atoms with Gasteiger partial charge >= 0.3 is 0 Å². The molecule has 0 unspecified atom stereocenters. The molecule has 0 spiro atoms. The summed E-state index contributed by atoms with van der Waals surface area (Å²) in [6, 6.07) is 10.8. The van der Waals surface area contributed by atoms with Gasteiger partial charge in [-0.1, -0.05) is 12.1 Å². The highest BCUT2D eigenvalue weighted by Crippen LogP contribution is 2.28. The summed E-state index contributed by atoms with van der Waals surface area (Å²) < 4.78 is 6.20. The number of anilines is 1. The quantitative estimate of drug-likeness (QED) is 0.680. The first-order valence-corrected chi connectivity index (χ1v) is 7.16. The summed E-state index contributed by atoms with van der Waals surface area (Å²) in [6.07, 6.45) is 0. The monoisotopic (exact) mass is 333 g/mol. The van der Waals surface area contributed by atoms with E-state index in [9.17, 15) is 4.79 Å². The SMILES string of the molecule is CCOc1ccc(C(=O)c2cccc(C)c2N)cc1Br. The summed E-state index contributed by atoms with van der Waals surface area (Å²) in [7, 11) is 0. The average Bonchev–Trinajstić information content (AvgIpc) is 2.43. The minimum Gasteiger partial charge on any atom is -0.493 e. The van der Waals surface area contributed by atoms with Gasteiger partial charge in [0.1, 0.15) is 5.75 Å². The number of ketones is 1. The van der Waals surface area contributed by atoms with Crippen LogP contribution in [-0.4, -0.2) is 12.4 Å². The minimum absolute atomic E-state index is 0.0880. The molecule has 0 fully saturated rings. The molecule has 4 heteroatoms. The number of benzene rings is 2. The van der Waals surface area contributed by atoms with Crippen molar-refractivity contribution in [3.63, 3.8) is 0 Å². The number of hydrogen-bond acceptors (Lipinski definition) is 3. The van der Waals surface area contributed by atoms with Gasteiger partial charge in [-0.15, -0.1) is 0 Å². The van der Waals surface area contributed by atoms with Crippen molar-refractivity contribution in [2.24, 2.45) is 0 Å². The maximum Gasteiger partial charge on any atom is 0.195 e. The summed E-state index contributed by atoms with van der Waals surface area (Å²) in [5.41, 5.74) is 8.52. The first kappa shape index (κ1) is 14.6. The summed E-state index contributed by atoms with van der Waals surface area (Å²) in [6.45, 7) is 4.38. The van der Waals surface area contributed by atoms with Crippen LogP contribution in [0.1, 0.15) is 28.4 Å². The third-order valence-electron chi connectivity index (χ3n) is 3.06. The van der Waals surface area contributed by atoms with Gasteiger partial charge in [0.25, 0.3) is 0 Å². The number of para-hydroxylation sites is 1. The Bertz CT molecular complexity index is 653. The van der Waals surface area contributed by atoms with E-state index in [0.717, 1.165) is 15.8 Å². The number of ether oxygens (including phenoxy) is 1. The van der Waals surface area contributed by atoms with Gasteiger partial charge < -0.3 is 10.5 Å². The number of halogens is 1. The fourth-order valence-electron chi connectivity index (χ4n) is 1.95. The van der Waals surface area contributed by atoms with E-state index in [4.69, 9.17) is 10.5 Å². The van der Waals surface area contributed by atoms with Gasteiger partial charge in [-0.25, -0.2) is 0 Å². The molecular formula is C16H16BrNO2. The van der Waals surface area contributed by atoms with Crippen molar-refractivity contribution in [2.45, 2.75) is 13.8 Å². The Morgan fingerprint density at radius 2 is 2.05 bits per heavy atom. The largest absolute Gasteiger partial charge is 0.493 e. The predicted octanol–water partition coefficient (Wildman–Crippen LogP) is 3.97. The number of nitrogens with two attached hydrogens (primary N) is 1. The second kappa shape index (κ2) is 6.09. The Kier molecular flexibility index (Phi) is 4.45. The van der Waals surface area contributed by atoms with Crippen LogP contribution in [0.3, 0.4) is 0 Å². The molecule has 0 aliphatic carbocycles. The van der Waals surface area contributed by atoms with E-state index in [-0.39, 0.29) is 5.78 Å². The number of carbonyl (C=O) groups excluding carboxylic acids is 1. The molecule has 0 bridgehead atoms. The second-order valence-electron chi connectivity index (χ2n) is 4.44. The molecule has 2 aromatic carbocycles. The van der Waals surface area contributed by atoms with Gasteiger partial charge in [0.05, 0.1) is 11.1 Å². The average molecular weight is 334 g/mol. The molecule has 0 atom stereocenters. The molecule has 0 amide bonds. The third kappa shape index (κ3) is 2.85. The van der Waals surface area contributed by atoms with Crippen molar-refractivity contribution >= 4 is 27.4 Å². The van der Waals surface area contributed by atoms with Crippen LogP contribution in [0, 0.1) is 6.92 Å². The van der Waals surface area contributed by atoms with Gasteiger partial charge in [0.15, 0.2) is 5.78 Å². The van der Waals surface area contributed by atoms with Crippen molar-refractivity contribution in [3.8, 4) is 5.75 Å². The molecule has 0 aliphatic heterocycles. The first-order chi connectivity index (χ1) is 9.54. The second-order valence-corrected chi connectivity index (χ2v) is 5.30. The lowest BCUT2D eigenvalue weighted by Gasteiger charge is -2.10. The van der Waals surface area contributed by atoms with Crippen LogP contribution < -0.4 is 10.5 Å². The zero-order chi connectivity index (χ0) is 14.7. The Labute approximate surface area is 126 Å². The van der Waals surface area contributed by atoms with E-state index < -0.39 is 0 Å². The van der Waals surface area contributed by atoms with Crippen LogP contribution >= 0.6 is 15.9 Å². The molecule has 2 N–H and O–H groups in total. The van der Waals surface area contributed by atoms with E-state index in [1.165, 1.54) is 0 Å². The molecule has 0 heterocycles. The van der Waals surface area contributed by atoms with E-state index in [1.54, 1.807) is 24.3 Å². The number of aryl methyl sites for hydroxylation is 1. The lowest BCUT2D eigenvalue weighted by molar-refractivity contribution is 0.103. The third-order valence-corrected chi connectivity index (χ3v) is 3.68. The van der Waals surface area contributed by atoms with Gasteiger partial charge in [0, 0.05) is 16.8 Å². The van der Waals surface area contributed by atoms with Gasteiger partial charge in [-0.05, 0) is 59.6 Å². The molecule has 0 saturated heterocycles. The zero-order valence-corrected chi connectivity index (χ0v) is 13.0. The van der Waals surface area contributed by atoms with E-state index >= 15 is 0 Å². The highest BCUT2D eigenvalue weighted by Gasteiger charge is 2.14. The van der Waals surface area contributed by atoms with Crippen LogP contribution in [0.4, 0.5) is 5.69 Å². The Hall–Kier alpha value is -1.81. The fraction of sp³-hybridized carbons (Fsp3) is 0.188. The highest BCUT2D eigenvalue weighted by molar-refractivity contribution is 9.10. The lowest BCUT2D eigenvalue weighted by Crippen LogP contribution is -2.07. The summed E-state index contributed by atoms with van der Waals surface area (Å²) in [5, 5.41) is 0. The molecule has 3 nitrogen and oxygen atoms in total. The Morgan fingerprint density at radius 1 is 1.30 bits per heavy atom. The van der Waals surface area contributed by atoms with Gasteiger partial charge in [-0.3, -0.25) is 4.79 Å². The molecule has 104 valence electrons. The van der Waals surface area contributed by atoms with Crippen molar-refractivity contribution in [1.29, 1.82) is 0 Å². The van der Waals surface area contributed by atoms with Crippen LogP contribution in [0.25, 0.3) is 0 Å². The van der Waals surface area contributed by atoms with Crippen LogP contribution in [-0.2, 0) is 0 Å². The van der Waals surface area contributed by atoms with Gasteiger partial charge in [0.2, 0.25) is 0 Å². The molecule has 0 aromatic heterocycles. The summed E-state index contributed by atoms with van der Waals surface area (Å²) >= 11 is 3.41. The Balaban J connectivity index is 2.39. The normalized spacial score (nSPS) is 10.3. The topological polar surface area (TPSA) is 52.3 Å². The number of hydrogen-bond donors (Lipinski definition) is 1. The smallest absolute Gasteiger partial charge is 0.195 e. The van der Waals surface area contributed by atoms with Crippen molar-refractivity contribution in [3.05, 3.63) is 57.6 Å². The van der Waals surface area contributed by atoms with Gasteiger partial charge in [-0.2, -0.15) is 0 Å². The molecule has 2 aromatic rings. The van der Waals surface area contributed by atoms with Crippen molar-refractivity contribution in [1.82, 2.24) is 0 Å². The summed E-state index contributed by atoms with van der Waals surface area (Å²) in [5.74, 6) is 0.635. The minimum atomic E-state index is -0.0880. The molecular weight excluding hydrogens is 318 g/mol. The number of rotatable bonds is 4. The van der Waals surface area contributed by atoms with E-state index in [2.05, 4.69) is 15.9 Å². The fourth-order valence-corrected chi connectivity index (χ4v) is 2.44. The molecule has 0 radical (unpaired) electrons. The van der Waals surface area contributed by atoms with Crippen LogP contribution in [0.2, 0.25) is 0 Å². The Morgan fingerprint density at radius 3 is 2.70 bits per heavy atom. The van der Waals surface area contributed by atoms with E-state index in [1.807, 2.05) is 26.0 Å². The predicted molar refractivity (Wildman–Crippen MR) is 84.3 cm³/mol. The lowest BCUT2D eigenvalue weighted by atomic mass is 9.99. The van der Waals surface area contributed by atoms with Crippen molar-refractivity contribution < 1.29 is 9.53 Å². The zero-order valence-electron chi connectivity index (χ0n) is 11.4. The van der Waals surface area contributed by atoms with Crippen LogP contribution in [0.15, 0.2) is 40.9 Å². The molecule has 2 rings (SSSR count). The summed E-state index contributed by atoms with van der Waals surface area (Å²) in [4.78, 5) is 12.5. The maximum atomic E-state index is 12.5. The maximum absolute atomic E-state index is 12.5.